The third-order valence-corrected chi connectivity index (χ3v) is 2.80. The summed E-state index contributed by atoms with van der Waals surface area (Å²) in [4.78, 5) is 33.1. The van der Waals surface area contributed by atoms with Crippen molar-refractivity contribution in [2.75, 3.05) is 14.2 Å². The van der Waals surface area contributed by atoms with Crippen LogP contribution in [-0.2, 0) is 4.79 Å². The first-order valence-corrected chi connectivity index (χ1v) is 6.23. The summed E-state index contributed by atoms with van der Waals surface area (Å²) >= 11 is 0. The van der Waals surface area contributed by atoms with E-state index in [4.69, 9.17) is 14.6 Å². The molecule has 0 aliphatic carbocycles. The molecule has 22 heavy (non-hydrogen) atoms. The molecule has 0 bridgehead atoms. The van der Waals surface area contributed by atoms with Gasteiger partial charge in [0, 0.05) is 12.1 Å². The van der Waals surface area contributed by atoms with Gasteiger partial charge >= 0.3 is 5.97 Å². The number of ether oxygens (including phenoxy) is 2. The third-order valence-electron chi connectivity index (χ3n) is 2.80. The molecular formula is C13H16N2O7. The molecule has 0 saturated carbocycles. The van der Waals surface area contributed by atoms with E-state index in [1.807, 2.05) is 0 Å². The van der Waals surface area contributed by atoms with E-state index in [1.54, 1.807) is 0 Å². The predicted molar refractivity (Wildman–Crippen MR) is 75.4 cm³/mol. The molecule has 1 aromatic carbocycles. The molecular weight excluding hydrogens is 296 g/mol. The molecule has 1 unspecified atom stereocenters. The molecule has 9 heteroatoms. The van der Waals surface area contributed by atoms with Gasteiger partial charge in [-0.25, -0.2) is 0 Å². The number of benzene rings is 1. The second kappa shape index (κ2) is 7.25. The van der Waals surface area contributed by atoms with Gasteiger partial charge < -0.3 is 19.9 Å². The van der Waals surface area contributed by atoms with E-state index in [0.29, 0.717) is 0 Å². The zero-order valence-electron chi connectivity index (χ0n) is 12.3. The summed E-state index contributed by atoms with van der Waals surface area (Å²) in [5.41, 5.74) is -0.697. The lowest BCUT2D eigenvalue weighted by atomic mass is 10.1. The van der Waals surface area contributed by atoms with Crippen LogP contribution in [0.25, 0.3) is 0 Å². The van der Waals surface area contributed by atoms with Gasteiger partial charge in [-0.2, -0.15) is 0 Å². The van der Waals surface area contributed by atoms with Crippen molar-refractivity contribution in [2.24, 2.45) is 0 Å². The molecule has 1 amide bonds. The molecule has 120 valence electrons. The van der Waals surface area contributed by atoms with E-state index in [9.17, 15) is 19.7 Å². The number of methoxy groups -OCH3 is 2. The van der Waals surface area contributed by atoms with Gasteiger partial charge in [0.1, 0.15) is 5.56 Å². The Kier molecular flexibility index (Phi) is 5.67. The number of carbonyl (C=O) groups excluding carboxylic acids is 1. The van der Waals surface area contributed by atoms with Crippen molar-refractivity contribution in [2.45, 2.75) is 19.4 Å². The fourth-order valence-electron chi connectivity index (χ4n) is 1.82. The molecule has 0 fully saturated rings. The number of carboxylic acids is 1. The Hall–Kier alpha value is -2.84. The Morgan fingerprint density at radius 3 is 2.32 bits per heavy atom. The van der Waals surface area contributed by atoms with E-state index in [2.05, 4.69) is 5.32 Å². The highest BCUT2D eigenvalue weighted by atomic mass is 16.6. The van der Waals surface area contributed by atoms with Crippen molar-refractivity contribution in [1.29, 1.82) is 0 Å². The number of carbonyl (C=O) groups is 2. The van der Waals surface area contributed by atoms with Gasteiger partial charge in [-0.3, -0.25) is 19.7 Å². The molecule has 0 aliphatic heterocycles. The smallest absolute Gasteiger partial charge is 0.305 e. The Balaban J connectivity index is 3.18. The van der Waals surface area contributed by atoms with E-state index in [0.717, 1.165) is 6.07 Å². The van der Waals surface area contributed by atoms with Gasteiger partial charge in [-0.05, 0) is 6.92 Å². The Morgan fingerprint density at radius 2 is 1.86 bits per heavy atom. The van der Waals surface area contributed by atoms with Crippen LogP contribution in [0.1, 0.15) is 23.7 Å². The van der Waals surface area contributed by atoms with Crippen LogP contribution in [0.15, 0.2) is 12.1 Å². The topological polar surface area (TPSA) is 128 Å². The van der Waals surface area contributed by atoms with Crippen LogP contribution in [0.2, 0.25) is 0 Å². The summed E-state index contributed by atoms with van der Waals surface area (Å²) < 4.78 is 9.97. The Labute approximate surface area is 126 Å². The van der Waals surface area contributed by atoms with Gasteiger partial charge in [-0.15, -0.1) is 0 Å². The van der Waals surface area contributed by atoms with E-state index >= 15 is 0 Å². The van der Waals surface area contributed by atoms with Crippen molar-refractivity contribution in [3.63, 3.8) is 0 Å². The van der Waals surface area contributed by atoms with Crippen LogP contribution in [-0.4, -0.2) is 42.2 Å². The normalized spacial score (nSPS) is 11.4. The molecule has 0 aromatic heterocycles. The number of nitro groups is 1. The van der Waals surface area contributed by atoms with Crippen molar-refractivity contribution in [3.05, 3.63) is 27.8 Å². The maximum absolute atomic E-state index is 12.1. The van der Waals surface area contributed by atoms with Crippen molar-refractivity contribution < 1.29 is 29.1 Å². The maximum Gasteiger partial charge on any atom is 0.305 e. The maximum atomic E-state index is 12.1. The van der Waals surface area contributed by atoms with Crippen molar-refractivity contribution in [1.82, 2.24) is 5.32 Å². The van der Waals surface area contributed by atoms with Gasteiger partial charge in [-0.1, -0.05) is 0 Å². The van der Waals surface area contributed by atoms with Crippen LogP contribution in [0.5, 0.6) is 11.5 Å². The lowest BCUT2D eigenvalue weighted by Gasteiger charge is -2.13. The minimum Gasteiger partial charge on any atom is -0.493 e. The first kappa shape index (κ1) is 17.2. The Morgan fingerprint density at radius 1 is 1.32 bits per heavy atom. The fourth-order valence-corrected chi connectivity index (χ4v) is 1.82. The number of nitrogens with zero attached hydrogens (tertiary/aromatic N) is 1. The second-order valence-electron chi connectivity index (χ2n) is 4.45. The molecule has 0 spiro atoms. The molecule has 0 aliphatic rings. The number of rotatable bonds is 7. The monoisotopic (exact) mass is 312 g/mol. The average molecular weight is 312 g/mol. The average Bonchev–Trinajstić information content (AvgIpc) is 2.44. The van der Waals surface area contributed by atoms with Crippen LogP contribution >= 0.6 is 0 Å². The molecule has 9 nitrogen and oxygen atoms in total. The number of amides is 1. The summed E-state index contributed by atoms with van der Waals surface area (Å²) in [6.07, 6.45) is -0.299. The zero-order chi connectivity index (χ0) is 16.9. The van der Waals surface area contributed by atoms with Crippen LogP contribution < -0.4 is 14.8 Å². The highest BCUT2D eigenvalue weighted by molar-refractivity contribution is 5.99. The minimum atomic E-state index is -1.09. The van der Waals surface area contributed by atoms with Crippen LogP contribution in [0.3, 0.4) is 0 Å². The lowest BCUT2D eigenvalue weighted by molar-refractivity contribution is -0.385. The van der Waals surface area contributed by atoms with Gasteiger partial charge in [0.05, 0.1) is 31.6 Å². The standard InChI is InChI=1S/C13H16N2O7/c1-7(4-12(16)17)14-13(18)8-5-10(21-2)11(22-3)6-9(8)15(19)20/h5-7H,4H2,1-3H3,(H,14,18)(H,16,17). The quantitative estimate of drug-likeness (QED) is 0.572. The number of nitro benzene ring substituents is 1. The molecule has 0 heterocycles. The van der Waals surface area contributed by atoms with E-state index in [1.165, 1.54) is 27.2 Å². The molecule has 0 radical (unpaired) electrons. The second-order valence-corrected chi connectivity index (χ2v) is 4.45. The molecule has 0 saturated heterocycles. The van der Waals surface area contributed by atoms with Gasteiger partial charge in [0.15, 0.2) is 11.5 Å². The summed E-state index contributed by atoms with van der Waals surface area (Å²) in [5, 5.41) is 22.1. The minimum absolute atomic E-state index is 0.115. The summed E-state index contributed by atoms with van der Waals surface area (Å²) in [6.45, 7) is 1.48. The predicted octanol–water partition coefficient (Wildman–Crippen LogP) is 1.21. The molecule has 1 rings (SSSR count). The Bertz CT molecular complexity index is 600. The zero-order valence-corrected chi connectivity index (χ0v) is 12.3. The summed E-state index contributed by atoms with van der Waals surface area (Å²) in [7, 11) is 2.65. The molecule has 1 atom stereocenters. The highest BCUT2D eigenvalue weighted by Crippen LogP contribution is 2.34. The first-order valence-electron chi connectivity index (χ1n) is 6.23. The van der Waals surface area contributed by atoms with Gasteiger partial charge in [0.2, 0.25) is 0 Å². The SMILES string of the molecule is COc1cc(C(=O)NC(C)CC(=O)O)c([N+](=O)[O-])cc1OC. The van der Waals surface area contributed by atoms with Crippen LogP contribution in [0.4, 0.5) is 5.69 Å². The summed E-state index contributed by atoms with van der Waals surface area (Å²) in [6, 6.07) is 1.58. The van der Waals surface area contributed by atoms with Crippen molar-refractivity contribution in [3.8, 4) is 11.5 Å². The van der Waals surface area contributed by atoms with Crippen LogP contribution in [0, 0.1) is 10.1 Å². The van der Waals surface area contributed by atoms with Crippen molar-refractivity contribution >= 4 is 17.6 Å². The third kappa shape index (κ3) is 4.08. The van der Waals surface area contributed by atoms with E-state index in [-0.39, 0.29) is 23.5 Å². The number of aliphatic carboxylic acids is 1. The number of hydrogen-bond donors (Lipinski definition) is 2. The molecule has 2 N–H and O–H groups in total. The first-order chi connectivity index (χ1) is 10.3. The van der Waals surface area contributed by atoms with E-state index < -0.39 is 28.5 Å². The largest absolute Gasteiger partial charge is 0.493 e. The fraction of sp³-hybridized carbons (Fsp3) is 0.385. The van der Waals surface area contributed by atoms with Gasteiger partial charge in [0.25, 0.3) is 11.6 Å². The molecule has 1 aromatic rings. The number of hydrogen-bond acceptors (Lipinski definition) is 6. The number of nitrogens with one attached hydrogen (secondary N) is 1. The highest BCUT2D eigenvalue weighted by Gasteiger charge is 2.25. The lowest BCUT2D eigenvalue weighted by Crippen LogP contribution is -2.34. The summed E-state index contributed by atoms with van der Waals surface area (Å²) in [5.74, 6) is -1.58. The number of carboxylic acid groups (broad SMARTS) is 1.